The van der Waals surface area contributed by atoms with E-state index in [0.717, 1.165) is 51.0 Å². The first kappa shape index (κ1) is 22.3. The lowest BCUT2D eigenvalue weighted by molar-refractivity contribution is -0.695. The fourth-order valence-corrected chi connectivity index (χ4v) is 3.56. The zero-order valence-electron chi connectivity index (χ0n) is 16.3. The van der Waals surface area contributed by atoms with Gasteiger partial charge in [0.15, 0.2) is 41.9 Å². The lowest BCUT2D eigenvalue weighted by atomic mass is 10.1. The van der Waals surface area contributed by atoms with Crippen LogP contribution in [0.15, 0.2) is 47.2 Å². The second kappa shape index (κ2) is 9.98. The van der Waals surface area contributed by atoms with Crippen molar-refractivity contribution >= 4 is 26.7 Å². The molecule has 0 amide bonds. The minimum Gasteiger partial charge on any atom is -1.00 e. The van der Waals surface area contributed by atoms with E-state index in [1.165, 1.54) is 0 Å². The van der Waals surface area contributed by atoms with E-state index in [9.17, 15) is 0 Å². The summed E-state index contributed by atoms with van der Waals surface area (Å²) in [5.41, 5.74) is 1.16. The summed E-state index contributed by atoms with van der Waals surface area (Å²) in [6.45, 7) is 0.832. The summed E-state index contributed by atoms with van der Waals surface area (Å²) in [4.78, 5) is 0. The highest BCUT2D eigenvalue weighted by molar-refractivity contribution is 9.10. The molecule has 150 valence electrons. The lowest BCUT2D eigenvalue weighted by Gasteiger charge is -2.11. The summed E-state index contributed by atoms with van der Waals surface area (Å²) < 4.78 is 24.7. The van der Waals surface area contributed by atoms with Crippen molar-refractivity contribution in [1.29, 1.82) is 0 Å². The molecule has 0 aliphatic rings. The van der Waals surface area contributed by atoms with E-state index in [-0.39, 0.29) is 17.0 Å². The Bertz CT molecular complexity index is 963. The smallest absolute Gasteiger partial charge is 0.176 e. The Kier molecular flexibility index (Phi) is 7.95. The van der Waals surface area contributed by atoms with E-state index in [4.69, 9.17) is 18.9 Å². The maximum absolute atomic E-state index is 5.41. The molecule has 0 bridgehead atoms. The number of nitrogens with zero attached hydrogens (tertiary/aromatic N) is 1. The molecule has 28 heavy (non-hydrogen) atoms. The van der Waals surface area contributed by atoms with Crippen LogP contribution in [0.4, 0.5) is 0 Å². The van der Waals surface area contributed by atoms with Crippen LogP contribution in [0, 0.1) is 0 Å². The molecule has 3 aromatic rings. The number of hydrogen-bond acceptors (Lipinski definition) is 4. The zero-order valence-corrected chi connectivity index (χ0v) is 19.5. The number of aryl methyl sites for hydroxylation is 2. The highest BCUT2D eigenvalue weighted by Gasteiger charge is 2.13. The van der Waals surface area contributed by atoms with Crippen molar-refractivity contribution in [3.05, 3.63) is 52.8 Å². The molecule has 0 fully saturated rings. The molecule has 0 saturated carbocycles. The molecular weight excluding hydrogens is 490 g/mol. The summed E-state index contributed by atoms with van der Waals surface area (Å²) >= 11 is 3.62. The number of pyridine rings is 1. The molecule has 3 rings (SSSR count). The highest BCUT2D eigenvalue weighted by atomic mass is 79.9. The third kappa shape index (κ3) is 4.70. The minimum atomic E-state index is 0. The summed E-state index contributed by atoms with van der Waals surface area (Å²) in [6.07, 6.45) is 5.04. The van der Waals surface area contributed by atoms with E-state index in [1.54, 1.807) is 28.4 Å². The van der Waals surface area contributed by atoms with Crippen LogP contribution < -0.4 is 40.5 Å². The van der Waals surface area contributed by atoms with Crippen molar-refractivity contribution in [2.75, 3.05) is 28.4 Å². The van der Waals surface area contributed by atoms with E-state index in [0.29, 0.717) is 5.75 Å². The van der Waals surface area contributed by atoms with E-state index in [1.807, 2.05) is 24.3 Å². The van der Waals surface area contributed by atoms with E-state index >= 15 is 0 Å². The first-order chi connectivity index (χ1) is 13.1. The number of benzene rings is 2. The maximum Gasteiger partial charge on any atom is 0.176 e. The predicted octanol–water partition coefficient (Wildman–Crippen LogP) is 1.17. The van der Waals surface area contributed by atoms with Crippen LogP contribution >= 0.6 is 15.9 Å². The average Bonchev–Trinajstić information content (AvgIpc) is 2.71. The Labute approximate surface area is 184 Å². The van der Waals surface area contributed by atoms with Crippen LogP contribution in [0.2, 0.25) is 0 Å². The molecule has 0 unspecified atom stereocenters. The molecule has 0 aliphatic heterocycles. The molecule has 1 heterocycles. The van der Waals surface area contributed by atoms with Gasteiger partial charge in [0.1, 0.15) is 0 Å². The van der Waals surface area contributed by atoms with Crippen LogP contribution in [-0.2, 0) is 13.0 Å². The van der Waals surface area contributed by atoms with Crippen molar-refractivity contribution < 1.29 is 40.5 Å². The average molecular weight is 513 g/mol. The van der Waals surface area contributed by atoms with Gasteiger partial charge in [-0.3, -0.25) is 0 Å². The van der Waals surface area contributed by atoms with Gasteiger partial charge < -0.3 is 35.9 Å². The van der Waals surface area contributed by atoms with Gasteiger partial charge in [-0.05, 0) is 35.2 Å². The molecule has 0 saturated heterocycles. The topological polar surface area (TPSA) is 40.8 Å². The maximum atomic E-state index is 5.41. The number of aromatic nitrogens is 1. The van der Waals surface area contributed by atoms with Crippen molar-refractivity contribution in [2.24, 2.45) is 0 Å². The molecule has 2 aromatic carbocycles. The molecule has 5 nitrogen and oxygen atoms in total. The number of fused-ring (bicyclic) bond motifs is 1. The predicted molar refractivity (Wildman–Crippen MR) is 108 cm³/mol. The van der Waals surface area contributed by atoms with Crippen LogP contribution in [0.1, 0.15) is 5.56 Å². The largest absolute Gasteiger partial charge is 1.00 e. The molecule has 7 heteroatoms. The normalized spacial score (nSPS) is 10.3. The van der Waals surface area contributed by atoms with Gasteiger partial charge in [0.25, 0.3) is 0 Å². The van der Waals surface area contributed by atoms with E-state index in [2.05, 4.69) is 39.0 Å². The van der Waals surface area contributed by atoms with Crippen molar-refractivity contribution in [2.45, 2.75) is 13.0 Å². The van der Waals surface area contributed by atoms with Crippen LogP contribution in [-0.4, -0.2) is 28.4 Å². The van der Waals surface area contributed by atoms with Crippen molar-refractivity contribution in [3.63, 3.8) is 0 Å². The third-order valence-corrected chi connectivity index (χ3v) is 5.27. The van der Waals surface area contributed by atoms with Crippen LogP contribution in [0.5, 0.6) is 23.0 Å². The van der Waals surface area contributed by atoms with Gasteiger partial charge in [-0.15, -0.1) is 0 Å². The number of rotatable bonds is 7. The number of halogens is 2. The van der Waals surface area contributed by atoms with Crippen molar-refractivity contribution in [1.82, 2.24) is 0 Å². The molecular formula is C21H23Br2NO4. The van der Waals surface area contributed by atoms with Gasteiger partial charge in [0, 0.05) is 22.3 Å². The summed E-state index contributed by atoms with van der Waals surface area (Å²) in [5.74, 6) is 2.91. The number of hydrogen-bond donors (Lipinski definition) is 0. The zero-order chi connectivity index (χ0) is 19.4. The third-order valence-electron chi connectivity index (χ3n) is 4.53. The van der Waals surface area contributed by atoms with Gasteiger partial charge in [0.2, 0.25) is 0 Å². The van der Waals surface area contributed by atoms with Gasteiger partial charge in [0.05, 0.1) is 28.4 Å². The number of ether oxygens (including phenoxy) is 4. The first-order valence-corrected chi connectivity index (χ1v) is 9.34. The van der Waals surface area contributed by atoms with Gasteiger partial charge in [-0.2, -0.15) is 0 Å². The Morgan fingerprint density at radius 2 is 1.32 bits per heavy atom. The number of methoxy groups -OCH3 is 4. The first-order valence-electron chi connectivity index (χ1n) is 8.54. The molecule has 0 spiro atoms. The fraction of sp³-hybridized carbons (Fsp3) is 0.286. The van der Waals surface area contributed by atoms with Gasteiger partial charge in [-0.25, -0.2) is 4.57 Å². The summed E-state index contributed by atoms with van der Waals surface area (Å²) in [5, 5.41) is 2.21. The lowest BCUT2D eigenvalue weighted by Crippen LogP contribution is -3.00. The van der Waals surface area contributed by atoms with Crippen LogP contribution in [0.3, 0.4) is 0 Å². The summed E-state index contributed by atoms with van der Waals surface area (Å²) in [6, 6.07) is 10.0. The Morgan fingerprint density at radius 1 is 0.786 bits per heavy atom. The molecule has 0 N–H and O–H groups in total. The SMILES string of the molecule is COc1cc(Br)c(CC[n+]2ccc3cc(OC)c(OC)cc3c2)cc1OC.[Br-]. The fourth-order valence-electron chi connectivity index (χ4n) is 3.04. The Morgan fingerprint density at radius 3 is 1.93 bits per heavy atom. The molecule has 1 aromatic heterocycles. The Balaban J connectivity index is 0.00000280. The van der Waals surface area contributed by atoms with Gasteiger partial charge in [-0.1, -0.05) is 15.9 Å². The standard InChI is InChI=1S/C21H23BrNO4.BrH/c1-24-18-9-14-5-7-23(13-16(14)11-20(18)26-3)8-6-15-10-19(25-2)21(27-4)12-17(15)22;/h5,7,9-13H,6,8H2,1-4H3;1H/q+1;/p-1. The molecule has 0 atom stereocenters. The second-order valence-electron chi connectivity index (χ2n) is 6.07. The van der Waals surface area contributed by atoms with Gasteiger partial charge >= 0.3 is 0 Å². The molecule has 0 aliphatic carbocycles. The van der Waals surface area contributed by atoms with E-state index < -0.39 is 0 Å². The highest BCUT2D eigenvalue weighted by Crippen LogP contribution is 2.34. The monoisotopic (exact) mass is 511 g/mol. The second-order valence-corrected chi connectivity index (χ2v) is 6.92. The summed E-state index contributed by atoms with van der Waals surface area (Å²) in [7, 11) is 6.58. The quantitative estimate of drug-likeness (QED) is 0.446. The minimum absolute atomic E-state index is 0. The Hall–Kier alpha value is -1.99. The van der Waals surface area contributed by atoms with Crippen molar-refractivity contribution in [3.8, 4) is 23.0 Å². The molecule has 0 radical (unpaired) electrons. The van der Waals surface area contributed by atoms with Crippen LogP contribution in [0.25, 0.3) is 10.8 Å².